The predicted molar refractivity (Wildman–Crippen MR) is 168 cm³/mol. The van der Waals surface area contributed by atoms with Crippen LogP contribution in [0.3, 0.4) is 0 Å². The number of ether oxygens (including phenoxy) is 1. The number of Topliss-reactive ketones (excluding diaryl/α,β-unsaturated/α-hetero) is 1. The van der Waals surface area contributed by atoms with Gasteiger partial charge in [-0.15, -0.1) is 0 Å². The van der Waals surface area contributed by atoms with Crippen molar-refractivity contribution in [1.29, 1.82) is 0 Å². The Hall–Kier alpha value is -4.13. The molecule has 3 rings (SSSR count). The second-order valence-electron chi connectivity index (χ2n) is 12.7. The van der Waals surface area contributed by atoms with E-state index in [1.807, 2.05) is 0 Å². The first-order valence-corrected chi connectivity index (χ1v) is 15.6. The Morgan fingerprint density at radius 1 is 0.979 bits per heavy atom. The number of nitrogens with one attached hydrogen (secondary N) is 3. The molecule has 0 aromatic heterocycles. The number of hydrogen-bond donors (Lipinski definition) is 3. The maximum absolute atomic E-state index is 14.0. The van der Waals surface area contributed by atoms with Gasteiger partial charge in [0.2, 0.25) is 11.8 Å². The van der Waals surface area contributed by atoms with Gasteiger partial charge >= 0.3 is 12.3 Å². The van der Waals surface area contributed by atoms with Crippen molar-refractivity contribution in [2.24, 2.45) is 5.92 Å². The largest absolute Gasteiger partial charge is 0.452 e. The van der Waals surface area contributed by atoms with E-state index < -0.39 is 65.4 Å². The standard InChI is InChI=1S/C33H40ClF3N4O6/c1-19(2)26(27(42)33(35,36)37)40-29(44)25-10-7-15-41(25)30(45)24(39-28(43)22-8-6-9-23(34)17-22)16-20-11-13-21(14-12-20)18-38-31(46)47-32(3,4)5/h6,8-9,11-14,17,19,24-26H,7,10,15-16,18H2,1-5H3,(H,38,46)(H,39,43)(H,40,44)/t24-,25?,26?/m0/s1. The fourth-order valence-corrected chi connectivity index (χ4v) is 5.24. The number of likely N-dealkylation sites (tertiary alicyclic amines) is 1. The van der Waals surface area contributed by atoms with Gasteiger partial charge in [0, 0.05) is 30.1 Å². The summed E-state index contributed by atoms with van der Waals surface area (Å²) in [5.74, 6) is -5.02. The summed E-state index contributed by atoms with van der Waals surface area (Å²) in [6, 6.07) is 8.91. The molecule has 1 fully saturated rings. The monoisotopic (exact) mass is 680 g/mol. The van der Waals surface area contributed by atoms with Crippen molar-refractivity contribution in [2.45, 2.75) is 90.3 Å². The van der Waals surface area contributed by atoms with E-state index >= 15 is 0 Å². The van der Waals surface area contributed by atoms with Gasteiger partial charge in [-0.3, -0.25) is 19.2 Å². The minimum atomic E-state index is -5.15. The molecule has 1 aliphatic heterocycles. The summed E-state index contributed by atoms with van der Waals surface area (Å²) in [5, 5.41) is 7.89. The lowest BCUT2D eigenvalue weighted by Gasteiger charge is -2.30. The molecule has 0 aliphatic carbocycles. The number of benzene rings is 2. The van der Waals surface area contributed by atoms with Crippen LogP contribution >= 0.6 is 11.6 Å². The molecule has 10 nitrogen and oxygen atoms in total. The number of nitrogens with zero attached hydrogens (tertiary/aromatic N) is 1. The van der Waals surface area contributed by atoms with Crippen LogP contribution in [0.5, 0.6) is 0 Å². The first-order chi connectivity index (χ1) is 21.9. The molecule has 2 aromatic carbocycles. The summed E-state index contributed by atoms with van der Waals surface area (Å²) in [6.07, 6.45) is -5.17. The van der Waals surface area contributed by atoms with Crippen molar-refractivity contribution in [2.75, 3.05) is 6.54 Å². The van der Waals surface area contributed by atoms with E-state index in [-0.39, 0.29) is 31.5 Å². The Balaban J connectivity index is 1.81. The summed E-state index contributed by atoms with van der Waals surface area (Å²) < 4.78 is 44.9. The fourth-order valence-electron chi connectivity index (χ4n) is 5.05. The highest BCUT2D eigenvalue weighted by Gasteiger charge is 2.46. The van der Waals surface area contributed by atoms with Gasteiger partial charge in [0.25, 0.3) is 11.7 Å². The van der Waals surface area contributed by atoms with Crippen LogP contribution in [-0.4, -0.2) is 70.9 Å². The lowest BCUT2D eigenvalue weighted by atomic mass is 9.98. The molecule has 0 spiro atoms. The van der Waals surface area contributed by atoms with Crippen molar-refractivity contribution in [3.05, 3.63) is 70.2 Å². The zero-order chi connectivity index (χ0) is 35.1. The third-order valence-corrected chi connectivity index (χ3v) is 7.59. The highest BCUT2D eigenvalue weighted by molar-refractivity contribution is 6.31. The van der Waals surface area contributed by atoms with Crippen LogP contribution in [0, 0.1) is 5.92 Å². The summed E-state index contributed by atoms with van der Waals surface area (Å²) >= 11 is 6.05. The quantitative estimate of drug-likeness (QED) is 0.307. The van der Waals surface area contributed by atoms with Gasteiger partial charge < -0.3 is 25.6 Å². The normalized spacial score (nSPS) is 16.3. The second-order valence-corrected chi connectivity index (χ2v) is 13.1. The van der Waals surface area contributed by atoms with E-state index in [0.717, 1.165) is 5.56 Å². The van der Waals surface area contributed by atoms with Crippen LogP contribution in [0.25, 0.3) is 0 Å². The number of amides is 4. The smallest absolute Gasteiger partial charge is 0.444 e. The molecule has 1 heterocycles. The molecule has 3 atom stereocenters. The number of carbonyl (C=O) groups is 5. The number of ketones is 1. The van der Waals surface area contributed by atoms with Crippen molar-refractivity contribution in [1.82, 2.24) is 20.9 Å². The van der Waals surface area contributed by atoms with E-state index in [0.29, 0.717) is 17.0 Å². The third kappa shape index (κ3) is 11.0. The molecule has 47 heavy (non-hydrogen) atoms. The van der Waals surface area contributed by atoms with E-state index in [1.165, 1.54) is 30.9 Å². The second kappa shape index (κ2) is 15.6. The van der Waals surface area contributed by atoms with Gasteiger partial charge in [-0.2, -0.15) is 13.2 Å². The molecule has 4 amide bonds. The average Bonchev–Trinajstić information content (AvgIpc) is 3.47. The van der Waals surface area contributed by atoms with Gasteiger partial charge in [0.15, 0.2) is 0 Å². The molecule has 0 radical (unpaired) electrons. The van der Waals surface area contributed by atoms with Crippen molar-refractivity contribution < 1.29 is 41.9 Å². The molecule has 256 valence electrons. The number of alkyl carbamates (subject to hydrolysis) is 1. The lowest BCUT2D eigenvalue weighted by Crippen LogP contribution is -2.57. The summed E-state index contributed by atoms with van der Waals surface area (Å²) in [6.45, 7) is 8.31. The molecule has 0 saturated carbocycles. The molecule has 0 bridgehead atoms. The van der Waals surface area contributed by atoms with Gasteiger partial charge in [-0.05, 0) is 68.9 Å². The van der Waals surface area contributed by atoms with Crippen LogP contribution in [0.1, 0.15) is 68.9 Å². The van der Waals surface area contributed by atoms with E-state index in [9.17, 15) is 37.1 Å². The van der Waals surface area contributed by atoms with Crippen LogP contribution in [-0.2, 0) is 32.1 Å². The van der Waals surface area contributed by atoms with Crippen LogP contribution < -0.4 is 16.0 Å². The highest BCUT2D eigenvalue weighted by Crippen LogP contribution is 2.24. The van der Waals surface area contributed by atoms with Gasteiger partial charge in [-0.25, -0.2) is 4.79 Å². The summed E-state index contributed by atoms with van der Waals surface area (Å²) in [4.78, 5) is 65.7. The van der Waals surface area contributed by atoms with Crippen molar-refractivity contribution in [3.63, 3.8) is 0 Å². The number of halogens is 4. The first-order valence-electron chi connectivity index (χ1n) is 15.2. The Kier molecular flexibility index (Phi) is 12.4. The molecule has 1 aliphatic rings. The maximum Gasteiger partial charge on any atom is 0.452 e. The van der Waals surface area contributed by atoms with Crippen molar-refractivity contribution in [3.8, 4) is 0 Å². The average molecular weight is 681 g/mol. The number of rotatable bonds is 11. The topological polar surface area (TPSA) is 134 Å². The molecule has 3 N–H and O–H groups in total. The van der Waals surface area contributed by atoms with Crippen LogP contribution in [0.2, 0.25) is 5.02 Å². The van der Waals surface area contributed by atoms with E-state index in [4.69, 9.17) is 16.3 Å². The highest BCUT2D eigenvalue weighted by atomic mass is 35.5. The summed E-state index contributed by atoms with van der Waals surface area (Å²) in [5.41, 5.74) is 0.929. The Morgan fingerprint density at radius 3 is 2.19 bits per heavy atom. The number of hydrogen-bond acceptors (Lipinski definition) is 6. The summed E-state index contributed by atoms with van der Waals surface area (Å²) in [7, 11) is 0. The maximum atomic E-state index is 14.0. The SMILES string of the molecule is CC(C)C(NC(=O)C1CCCN1C(=O)[C@H](Cc1ccc(CNC(=O)OC(C)(C)C)cc1)NC(=O)c1cccc(Cl)c1)C(=O)C(F)(F)F. The predicted octanol–water partition coefficient (Wildman–Crippen LogP) is 4.97. The number of alkyl halides is 3. The van der Waals surface area contributed by atoms with Crippen LogP contribution in [0.15, 0.2) is 48.5 Å². The van der Waals surface area contributed by atoms with Gasteiger partial charge in [-0.1, -0.05) is 55.8 Å². The Labute approximate surface area is 276 Å². The molecular formula is C33H40ClF3N4O6. The molecular weight excluding hydrogens is 641 g/mol. The minimum absolute atomic E-state index is 0.0108. The molecule has 2 aromatic rings. The molecule has 1 saturated heterocycles. The zero-order valence-corrected chi connectivity index (χ0v) is 27.6. The minimum Gasteiger partial charge on any atom is -0.444 e. The van der Waals surface area contributed by atoms with Crippen molar-refractivity contribution >= 4 is 41.2 Å². The van der Waals surface area contributed by atoms with E-state index in [2.05, 4.69) is 16.0 Å². The van der Waals surface area contributed by atoms with E-state index in [1.54, 1.807) is 57.2 Å². The third-order valence-electron chi connectivity index (χ3n) is 7.35. The van der Waals surface area contributed by atoms with Gasteiger partial charge in [0.1, 0.15) is 17.7 Å². The Morgan fingerprint density at radius 2 is 1.62 bits per heavy atom. The first kappa shape index (κ1) is 37.3. The zero-order valence-electron chi connectivity index (χ0n) is 26.9. The fraction of sp³-hybridized carbons (Fsp3) is 0.485. The van der Waals surface area contributed by atoms with Gasteiger partial charge in [0.05, 0.1) is 6.04 Å². The molecule has 14 heteroatoms. The lowest BCUT2D eigenvalue weighted by molar-refractivity contribution is -0.175. The van der Waals surface area contributed by atoms with Crippen LogP contribution in [0.4, 0.5) is 18.0 Å². The number of carbonyl (C=O) groups excluding carboxylic acids is 5. The molecule has 2 unspecified atom stereocenters. The Bertz CT molecular complexity index is 1460.